The minimum atomic E-state index is -1.09. The fraction of sp³-hybridized carbons (Fsp3) is 0.231. The van der Waals surface area contributed by atoms with Crippen molar-refractivity contribution >= 4 is 17.6 Å². The van der Waals surface area contributed by atoms with Gasteiger partial charge in [0.2, 0.25) is 0 Å². The lowest BCUT2D eigenvalue weighted by atomic mass is 10.2. The van der Waals surface area contributed by atoms with E-state index >= 15 is 0 Å². The van der Waals surface area contributed by atoms with Gasteiger partial charge < -0.3 is 9.84 Å². The first-order valence-corrected chi connectivity index (χ1v) is 6.10. The van der Waals surface area contributed by atoms with Gasteiger partial charge in [-0.3, -0.25) is 0 Å². The lowest BCUT2D eigenvalue weighted by Crippen LogP contribution is -2.10. The van der Waals surface area contributed by atoms with Crippen LogP contribution in [0.2, 0.25) is 5.02 Å². The Balaban J connectivity index is 2.59. The van der Waals surface area contributed by atoms with Gasteiger partial charge in [-0.25, -0.2) is 9.48 Å². The van der Waals surface area contributed by atoms with E-state index in [1.807, 2.05) is 13.8 Å². The zero-order valence-electron chi connectivity index (χ0n) is 10.5. The van der Waals surface area contributed by atoms with Crippen molar-refractivity contribution in [2.24, 2.45) is 0 Å². The van der Waals surface area contributed by atoms with Gasteiger partial charge >= 0.3 is 5.97 Å². The van der Waals surface area contributed by atoms with Gasteiger partial charge in [-0.15, -0.1) is 0 Å². The fourth-order valence-corrected chi connectivity index (χ4v) is 1.88. The molecule has 0 saturated carbocycles. The Bertz CT molecular complexity index is 594. The molecule has 100 valence electrons. The Morgan fingerprint density at radius 3 is 2.74 bits per heavy atom. The minimum Gasteiger partial charge on any atom is -0.489 e. The number of hydrogen-bond donors (Lipinski definition) is 1. The van der Waals surface area contributed by atoms with Crippen molar-refractivity contribution in [2.75, 3.05) is 0 Å². The third-order valence-electron chi connectivity index (χ3n) is 2.39. The zero-order valence-corrected chi connectivity index (χ0v) is 11.3. The molecular formula is C13H13ClN2O3. The van der Waals surface area contributed by atoms with E-state index in [2.05, 4.69) is 5.10 Å². The fourth-order valence-electron chi connectivity index (χ4n) is 1.65. The number of hydrogen-bond acceptors (Lipinski definition) is 3. The first kappa shape index (κ1) is 13.4. The van der Waals surface area contributed by atoms with Gasteiger partial charge in [0.1, 0.15) is 11.4 Å². The predicted octanol–water partition coefficient (Wildman–Crippen LogP) is 3.01. The summed E-state index contributed by atoms with van der Waals surface area (Å²) >= 11 is 5.95. The van der Waals surface area contributed by atoms with Crippen LogP contribution in [0.5, 0.6) is 5.75 Å². The molecule has 0 unspecified atom stereocenters. The standard InChI is InChI=1S/C13H13ClN2O3/c1-8(2)19-12-7-10(14)9(13(17)18)6-11(12)16-5-3-4-15-16/h3-8H,1-2H3,(H,17,18). The second-order valence-corrected chi connectivity index (χ2v) is 4.63. The average Bonchev–Trinajstić information content (AvgIpc) is 2.81. The van der Waals surface area contributed by atoms with Crippen LogP contribution in [-0.2, 0) is 0 Å². The molecule has 19 heavy (non-hydrogen) atoms. The van der Waals surface area contributed by atoms with Crippen LogP contribution >= 0.6 is 11.6 Å². The van der Waals surface area contributed by atoms with Gasteiger partial charge in [-0.05, 0) is 26.0 Å². The van der Waals surface area contributed by atoms with Crippen molar-refractivity contribution in [2.45, 2.75) is 20.0 Å². The maximum absolute atomic E-state index is 11.1. The van der Waals surface area contributed by atoms with Crippen LogP contribution in [0, 0.1) is 0 Å². The number of carboxylic acids is 1. The number of halogens is 1. The molecule has 5 nitrogen and oxygen atoms in total. The second kappa shape index (κ2) is 5.32. The number of carboxylic acid groups (broad SMARTS) is 1. The molecule has 0 fully saturated rings. The third-order valence-corrected chi connectivity index (χ3v) is 2.71. The molecule has 0 aliphatic heterocycles. The number of rotatable bonds is 4. The Morgan fingerprint density at radius 1 is 1.47 bits per heavy atom. The molecule has 0 aliphatic carbocycles. The Morgan fingerprint density at radius 2 is 2.21 bits per heavy atom. The summed E-state index contributed by atoms with van der Waals surface area (Å²) < 4.78 is 7.19. The van der Waals surface area contributed by atoms with E-state index in [4.69, 9.17) is 21.4 Å². The zero-order chi connectivity index (χ0) is 14.0. The van der Waals surface area contributed by atoms with Crippen LogP contribution in [0.4, 0.5) is 0 Å². The predicted molar refractivity (Wildman–Crippen MR) is 71.3 cm³/mol. The Kier molecular flexibility index (Phi) is 3.76. The van der Waals surface area contributed by atoms with E-state index < -0.39 is 5.97 Å². The van der Waals surface area contributed by atoms with Crippen LogP contribution in [-0.4, -0.2) is 27.0 Å². The highest BCUT2D eigenvalue weighted by molar-refractivity contribution is 6.33. The average molecular weight is 281 g/mol. The molecule has 0 saturated heterocycles. The van der Waals surface area contributed by atoms with Crippen molar-refractivity contribution in [1.82, 2.24) is 9.78 Å². The number of benzene rings is 1. The van der Waals surface area contributed by atoms with Crippen molar-refractivity contribution in [3.05, 3.63) is 41.2 Å². The van der Waals surface area contributed by atoms with E-state index in [0.29, 0.717) is 11.4 Å². The van der Waals surface area contributed by atoms with Gasteiger partial charge in [0.25, 0.3) is 0 Å². The summed E-state index contributed by atoms with van der Waals surface area (Å²) in [7, 11) is 0. The largest absolute Gasteiger partial charge is 0.489 e. The quantitative estimate of drug-likeness (QED) is 0.935. The Labute approximate surface area is 115 Å². The molecule has 6 heteroatoms. The summed E-state index contributed by atoms with van der Waals surface area (Å²) in [6.45, 7) is 3.76. The van der Waals surface area contributed by atoms with Gasteiger partial charge in [-0.1, -0.05) is 11.6 Å². The van der Waals surface area contributed by atoms with Gasteiger partial charge in [-0.2, -0.15) is 5.10 Å². The molecule has 1 aromatic heterocycles. The van der Waals surface area contributed by atoms with Crippen LogP contribution in [0.15, 0.2) is 30.6 Å². The van der Waals surface area contributed by atoms with E-state index in [1.165, 1.54) is 12.1 Å². The number of aromatic nitrogens is 2. The van der Waals surface area contributed by atoms with Crippen LogP contribution < -0.4 is 4.74 Å². The highest BCUT2D eigenvalue weighted by Crippen LogP contribution is 2.30. The summed E-state index contributed by atoms with van der Waals surface area (Å²) in [5.41, 5.74) is 0.559. The number of carbonyl (C=O) groups is 1. The summed E-state index contributed by atoms with van der Waals surface area (Å²) in [5.74, 6) is -0.594. The maximum Gasteiger partial charge on any atom is 0.337 e. The van der Waals surface area contributed by atoms with E-state index in [9.17, 15) is 4.79 Å². The lowest BCUT2D eigenvalue weighted by Gasteiger charge is -2.15. The number of aromatic carboxylic acids is 1. The molecule has 1 aromatic carbocycles. The van der Waals surface area contributed by atoms with E-state index in [0.717, 1.165) is 0 Å². The number of nitrogens with zero attached hydrogens (tertiary/aromatic N) is 2. The van der Waals surface area contributed by atoms with Gasteiger partial charge in [0.15, 0.2) is 0 Å². The molecule has 0 bridgehead atoms. The first-order chi connectivity index (χ1) is 8.99. The smallest absolute Gasteiger partial charge is 0.337 e. The van der Waals surface area contributed by atoms with E-state index in [1.54, 1.807) is 23.1 Å². The van der Waals surface area contributed by atoms with Crippen molar-refractivity contribution in [3.63, 3.8) is 0 Å². The van der Waals surface area contributed by atoms with Crippen LogP contribution in [0.3, 0.4) is 0 Å². The van der Waals surface area contributed by atoms with Crippen molar-refractivity contribution in [1.29, 1.82) is 0 Å². The molecule has 0 radical (unpaired) electrons. The highest BCUT2D eigenvalue weighted by Gasteiger charge is 2.16. The SMILES string of the molecule is CC(C)Oc1cc(Cl)c(C(=O)O)cc1-n1cccn1. The normalized spacial score (nSPS) is 10.7. The molecule has 1 N–H and O–H groups in total. The molecule has 0 aliphatic rings. The van der Waals surface area contributed by atoms with E-state index in [-0.39, 0.29) is 16.7 Å². The molecule has 2 aromatic rings. The minimum absolute atomic E-state index is 0.0169. The van der Waals surface area contributed by atoms with Crippen molar-refractivity contribution in [3.8, 4) is 11.4 Å². The summed E-state index contributed by atoms with van der Waals surface area (Å²) in [6, 6.07) is 4.70. The second-order valence-electron chi connectivity index (χ2n) is 4.22. The molecule has 0 atom stereocenters. The van der Waals surface area contributed by atoms with Crippen molar-refractivity contribution < 1.29 is 14.6 Å². The highest BCUT2D eigenvalue weighted by atomic mass is 35.5. The van der Waals surface area contributed by atoms with Gasteiger partial charge in [0.05, 0.1) is 16.7 Å². The van der Waals surface area contributed by atoms with Gasteiger partial charge in [0, 0.05) is 18.5 Å². The molecule has 1 heterocycles. The summed E-state index contributed by atoms with van der Waals surface area (Å²) in [5, 5.41) is 13.3. The topological polar surface area (TPSA) is 64.3 Å². The van der Waals surface area contributed by atoms with Crippen LogP contribution in [0.1, 0.15) is 24.2 Å². The Hall–Kier alpha value is -2.01. The first-order valence-electron chi connectivity index (χ1n) is 5.72. The third kappa shape index (κ3) is 2.88. The summed E-state index contributed by atoms with van der Waals surface area (Å²) in [4.78, 5) is 11.1. The molecule has 0 spiro atoms. The monoisotopic (exact) mass is 280 g/mol. The molecular weight excluding hydrogens is 268 g/mol. The summed E-state index contributed by atoms with van der Waals surface area (Å²) in [6.07, 6.45) is 3.26. The maximum atomic E-state index is 11.1. The lowest BCUT2D eigenvalue weighted by molar-refractivity contribution is 0.0697. The molecule has 2 rings (SSSR count). The van der Waals surface area contributed by atoms with Crippen LogP contribution in [0.25, 0.3) is 5.69 Å². The molecule has 0 amide bonds. The number of ether oxygens (including phenoxy) is 1.